The Balaban J connectivity index is 2.90. The first-order valence-corrected chi connectivity index (χ1v) is 6.72. The number of thioether (sulfide) groups is 1. The maximum absolute atomic E-state index is 11.4. The molecule has 1 aromatic heterocycles. The summed E-state index contributed by atoms with van der Waals surface area (Å²) >= 11 is 1.66. The van der Waals surface area contributed by atoms with Gasteiger partial charge in [-0.2, -0.15) is 16.3 Å². The minimum absolute atomic E-state index is 0.0696. The summed E-state index contributed by atoms with van der Waals surface area (Å²) in [5.74, 6) is 0.558. The van der Waals surface area contributed by atoms with E-state index in [4.69, 9.17) is 10.8 Å². The van der Waals surface area contributed by atoms with Gasteiger partial charge in [-0.25, -0.2) is 4.79 Å². The van der Waals surface area contributed by atoms with E-state index >= 15 is 0 Å². The van der Waals surface area contributed by atoms with Gasteiger partial charge in [0.25, 0.3) is 0 Å². The van der Waals surface area contributed by atoms with Crippen LogP contribution in [0, 0.1) is 0 Å². The highest BCUT2D eigenvalue weighted by Crippen LogP contribution is 2.11. The molecule has 0 unspecified atom stereocenters. The summed E-state index contributed by atoms with van der Waals surface area (Å²) in [6, 6.07) is 1.80. The van der Waals surface area contributed by atoms with E-state index in [1.54, 1.807) is 30.2 Å². The SMILES string of the molecule is CC(=O)c1cc(CSCCN)c[n+](CC(=O)O)c1. The fraction of sp³-hybridized carbons (Fsp3) is 0.417. The number of nitrogens with two attached hydrogens (primary N) is 1. The lowest BCUT2D eigenvalue weighted by atomic mass is 10.1. The molecular weight excluding hydrogens is 252 g/mol. The van der Waals surface area contributed by atoms with Crippen LogP contribution in [0.2, 0.25) is 0 Å². The minimum Gasteiger partial charge on any atom is -0.477 e. The molecule has 1 aromatic rings. The number of hydrogen-bond acceptors (Lipinski definition) is 4. The lowest BCUT2D eigenvalue weighted by Gasteiger charge is -2.02. The van der Waals surface area contributed by atoms with E-state index in [0.29, 0.717) is 12.1 Å². The van der Waals surface area contributed by atoms with Gasteiger partial charge >= 0.3 is 5.97 Å². The van der Waals surface area contributed by atoms with Crippen LogP contribution < -0.4 is 10.3 Å². The van der Waals surface area contributed by atoms with Gasteiger partial charge in [0.05, 0.1) is 5.56 Å². The van der Waals surface area contributed by atoms with Crippen molar-refractivity contribution in [2.75, 3.05) is 12.3 Å². The molecule has 98 valence electrons. The quantitative estimate of drug-likeness (QED) is 0.426. The minimum atomic E-state index is -0.929. The lowest BCUT2D eigenvalue weighted by molar-refractivity contribution is -0.686. The Hall–Kier alpha value is -1.40. The van der Waals surface area contributed by atoms with Gasteiger partial charge in [0.15, 0.2) is 18.2 Å². The number of nitrogens with zero attached hydrogens (tertiary/aromatic N) is 1. The molecule has 0 atom stereocenters. The molecular formula is C12H17N2O3S+. The lowest BCUT2D eigenvalue weighted by Crippen LogP contribution is -2.38. The first-order valence-electron chi connectivity index (χ1n) is 5.56. The van der Waals surface area contributed by atoms with Crippen molar-refractivity contribution in [3.05, 3.63) is 29.6 Å². The number of aromatic nitrogens is 1. The van der Waals surface area contributed by atoms with E-state index in [1.165, 1.54) is 11.5 Å². The zero-order valence-corrected chi connectivity index (χ0v) is 11.1. The molecule has 1 rings (SSSR count). The Bertz CT molecular complexity index is 449. The summed E-state index contributed by atoms with van der Waals surface area (Å²) < 4.78 is 1.53. The number of pyridine rings is 1. The number of carbonyl (C=O) groups excluding carboxylic acids is 1. The van der Waals surface area contributed by atoms with Crippen LogP contribution in [0.3, 0.4) is 0 Å². The highest BCUT2D eigenvalue weighted by atomic mass is 32.2. The van der Waals surface area contributed by atoms with Gasteiger partial charge in [-0.15, -0.1) is 0 Å². The number of rotatable bonds is 7. The molecule has 5 nitrogen and oxygen atoms in total. The van der Waals surface area contributed by atoms with Gasteiger partial charge in [0.2, 0.25) is 6.54 Å². The van der Waals surface area contributed by atoms with Crippen LogP contribution in [0.25, 0.3) is 0 Å². The second-order valence-corrected chi connectivity index (χ2v) is 5.00. The van der Waals surface area contributed by atoms with Gasteiger partial charge in [-0.05, 0) is 13.0 Å². The van der Waals surface area contributed by atoms with Gasteiger partial charge in [-0.1, -0.05) is 0 Å². The van der Waals surface area contributed by atoms with Gasteiger partial charge in [0.1, 0.15) is 0 Å². The zero-order chi connectivity index (χ0) is 13.5. The van der Waals surface area contributed by atoms with Crippen molar-refractivity contribution in [2.24, 2.45) is 5.73 Å². The Kier molecular flexibility index (Phi) is 5.80. The van der Waals surface area contributed by atoms with Crippen molar-refractivity contribution in [3.63, 3.8) is 0 Å². The first kappa shape index (κ1) is 14.7. The third kappa shape index (κ3) is 4.85. The highest BCUT2D eigenvalue weighted by molar-refractivity contribution is 7.98. The zero-order valence-electron chi connectivity index (χ0n) is 10.3. The second kappa shape index (κ2) is 7.13. The van der Waals surface area contributed by atoms with Crippen molar-refractivity contribution in [2.45, 2.75) is 19.2 Å². The van der Waals surface area contributed by atoms with Gasteiger partial charge in [-0.3, -0.25) is 4.79 Å². The van der Waals surface area contributed by atoms with Crippen molar-refractivity contribution in [1.29, 1.82) is 0 Å². The van der Waals surface area contributed by atoms with Crippen molar-refractivity contribution in [1.82, 2.24) is 0 Å². The van der Waals surface area contributed by atoms with Gasteiger partial charge < -0.3 is 10.8 Å². The van der Waals surface area contributed by atoms with Crippen LogP contribution in [0.15, 0.2) is 18.5 Å². The molecule has 0 bridgehead atoms. The number of Topliss-reactive ketones (excluding diaryl/α,β-unsaturated/α-hetero) is 1. The summed E-state index contributed by atoms with van der Waals surface area (Å²) in [6.07, 6.45) is 3.32. The maximum Gasteiger partial charge on any atom is 0.370 e. The van der Waals surface area contributed by atoms with E-state index < -0.39 is 5.97 Å². The highest BCUT2D eigenvalue weighted by Gasteiger charge is 2.13. The third-order valence-electron chi connectivity index (χ3n) is 2.23. The van der Waals surface area contributed by atoms with Crippen molar-refractivity contribution < 1.29 is 19.3 Å². The van der Waals surface area contributed by atoms with Crippen LogP contribution in [0.4, 0.5) is 0 Å². The Morgan fingerprint density at radius 2 is 2.17 bits per heavy atom. The van der Waals surface area contributed by atoms with Crippen LogP contribution in [-0.2, 0) is 17.1 Å². The molecule has 0 saturated heterocycles. The topological polar surface area (TPSA) is 84.3 Å². The fourth-order valence-electron chi connectivity index (χ4n) is 1.50. The van der Waals surface area contributed by atoms with Crippen molar-refractivity contribution in [3.8, 4) is 0 Å². The largest absolute Gasteiger partial charge is 0.477 e. The predicted octanol–water partition coefficient (Wildman–Crippen LogP) is 0.453. The summed E-state index contributed by atoms with van der Waals surface area (Å²) in [7, 11) is 0. The molecule has 0 aliphatic heterocycles. The summed E-state index contributed by atoms with van der Waals surface area (Å²) in [5.41, 5.74) is 6.87. The second-order valence-electron chi connectivity index (χ2n) is 3.90. The molecule has 0 radical (unpaired) electrons. The van der Waals surface area contributed by atoms with E-state index in [2.05, 4.69) is 0 Å². The first-order chi connectivity index (χ1) is 8.52. The number of ketones is 1. The van der Waals surface area contributed by atoms with Crippen LogP contribution in [-0.4, -0.2) is 29.2 Å². The molecule has 6 heteroatoms. The van der Waals surface area contributed by atoms with Gasteiger partial charge in [0, 0.05) is 23.6 Å². The Morgan fingerprint density at radius 1 is 1.44 bits per heavy atom. The standard InChI is InChI=1S/C12H16N2O3S/c1-9(15)11-4-10(8-18-3-2-13)5-14(6-11)7-12(16)17/h4-6H,2-3,7-8,13H2,1H3/p+1. The Labute approximate surface area is 110 Å². The molecule has 0 aromatic carbocycles. The molecule has 0 aliphatic carbocycles. The number of hydrogen-bond donors (Lipinski definition) is 2. The normalized spacial score (nSPS) is 10.3. The summed E-state index contributed by atoms with van der Waals surface area (Å²) in [4.78, 5) is 22.1. The molecule has 0 aliphatic rings. The monoisotopic (exact) mass is 269 g/mol. The number of carboxylic acid groups (broad SMARTS) is 1. The van der Waals surface area contributed by atoms with E-state index in [-0.39, 0.29) is 12.3 Å². The van der Waals surface area contributed by atoms with Crippen LogP contribution >= 0.6 is 11.8 Å². The third-order valence-corrected chi connectivity index (χ3v) is 3.29. The van der Waals surface area contributed by atoms with Crippen molar-refractivity contribution >= 4 is 23.5 Å². The Morgan fingerprint density at radius 3 is 2.72 bits per heavy atom. The molecule has 3 N–H and O–H groups in total. The van der Waals surface area contributed by atoms with E-state index in [9.17, 15) is 9.59 Å². The smallest absolute Gasteiger partial charge is 0.370 e. The summed E-state index contributed by atoms with van der Waals surface area (Å²) in [6.45, 7) is 1.93. The van der Waals surface area contributed by atoms with Crippen LogP contribution in [0.1, 0.15) is 22.8 Å². The fourth-order valence-corrected chi connectivity index (χ4v) is 2.20. The molecule has 1 heterocycles. The average Bonchev–Trinajstić information content (AvgIpc) is 2.28. The summed E-state index contributed by atoms with van der Waals surface area (Å²) in [5, 5.41) is 8.77. The number of carbonyl (C=O) groups is 2. The van der Waals surface area contributed by atoms with E-state index in [0.717, 1.165) is 17.1 Å². The molecule has 18 heavy (non-hydrogen) atoms. The molecule has 0 spiro atoms. The number of aliphatic carboxylic acids is 1. The molecule has 0 fully saturated rings. The van der Waals surface area contributed by atoms with Crippen LogP contribution in [0.5, 0.6) is 0 Å². The number of carboxylic acids is 1. The maximum atomic E-state index is 11.4. The predicted molar refractivity (Wildman–Crippen MR) is 69.5 cm³/mol. The molecule has 0 amide bonds. The molecule has 0 saturated carbocycles. The van der Waals surface area contributed by atoms with E-state index in [1.807, 2.05) is 0 Å². The average molecular weight is 269 g/mol.